The van der Waals surface area contributed by atoms with Gasteiger partial charge in [-0.3, -0.25) is 15.5 Å². The molecule has 134 valence electrons. The standard InChI is InChI=1S/C18H16F2N4OS/c1-17(13-8-7-12(9-21)26-13)14(15(25)23-16(22)24-17)10-3-5-11(6-4-10)18(2,19)20/h3-8,14H,1-2H3,(H3,22,23,24,25)/t14-,17+/m0/s1. The van der Waals surface area contributed by atoms with Gasteiger partial charge in [0.05, 0.1) is 11.5 Å². The number of rotatable bonds is 3. The highest BCUT2D eigenvalue weighted by Gasteiger charge is 2.47. The monoisotopic (exact) mass is 374 g/mol. The highest BCUT2D eigenvalue weighted by molar-refractivity contribution is 7.12. The van der Waals surface area contributed by atoms with Gasteiger partial charge >= 0.3 is 0 Å². The minimum Gasteiger partial charge on any atom is -0.345 e. The number of nitrogens with zero attached hydrogens (tertiary/aromatic N) is 1. The summed E-state index contributed by atoms with van der Waals surface area (Å²) in [4.78, 5) is 13.8. The molecule has 1 amide bonds. The molecule has 0 saturated carbocycles. The maximum atomic E-state index is 13.5. The van der Waals surface area contributed by atoms with Gasteiger partial charge in [0.15, 0.2) is 5.96 Å². The minimum atomic E-state index is -2.97. The largest absolute Gasteiger partial charge is 0.345 e. The Labute approximate surface area is 153 Å². The van der Waals surface area contributed by atoms with Crippen LogP contribution in [0.1, 0.15) is 40.6 Å². The Morgan fingerprint density at radius 3 is 2.46 bits per heavy atom. The van der Waals surface area contributed by atoms with Crippen molar-refractivity contribution in [2.75, 3.05) is 0 Å². The summed E-state index contributed by atoms with van der Waals surface area (Å²) in [6.45, 7) is 2.58. The zero-order valence-corrected chi connectivity index (χ0v) is 14.9. The maximum absolute atomic E-state index is 13.5. The summed E-state index contributed by atoms with van der Waals surface area (Å²) in [7, 11) is 0. The number of benzene rings is 1. The van der Waals surface area contributed by atoms with Crippen molar-refractivity contribution in [3.05, 3.63) is 57.3 Å². The molecule has 3 N–H and O–H groups in total. The Morgan fingerprint density at radius 1 is 1.27 bits per heavy atom. The fourth-order valence-corrected chi connectivity index (χ4v) is 4.09. The van der Waals surface area contributed by atoms with Gasteiger partial charge in [0.1, 0.15) is 10.9 Å². The lowest BCUT2D eigenvalue weighted by atomic mass is 9.77. The molecule has 1 aliphatic rings. The van der Waals surface area contributed by atoms with Crippen molar-refractivity contribution >= 4 is 23.2 Å². The summed E-state index contributed by atoms with van der Waals surface area (Å²) in [5.74, 6) is -4.26. The second-order valence-electron chi connectivity index (χ2n) is 6.41. The van der Waals surface area contributed by atoms with E-state index in [2.05, 4.69) is 16.7 Å². The van der Waals surface area contributed by atoms with Crippen LogP contribution in [-0.2, 0) is 16.3 Å². The number of amides is 1. The van der Waals surface area contributed by atoms with E-state index in [0.717, 1.165) is 6.92 Å². The molecule has 8 heteroatoms. The van der Waals surface area contributed by atoms with Gasteiger partial charge in [0.25, 0.3) is 5.92 Å². The van der Waals surface area contributed by atoms with Crippen LogP contribution in [0.25, 0.3) is 0 Å². The number of nitriles is 1. The second-order valence-corrected chi connectivity index (χ2v) is 7.49. The number of halogens is 2. The highest BCUT2D eigenvalue weighted by atomic mass is 32.1. The van der Waals surface area contributed by atoms with Crippen molar-refractivity contribution in [2.24, 2.45) is 0 Å². The normalized spacial score (nSPS) is 23.1. The average Bonchev–Trinajstić information content (AvgIpc) is 3.03. The molecule has 2 heterocycles. The first-order valence-electron chi connectivity index (χ1n) is 7.81. The SMILES string of the molecule is CC(F)(F)c1ccc([C@H]2C(=O)NC(=N)N[C@]2(C)c2ccc(C#N)s2)cc1. The molecule has 0 unspecified atom stereocenters. The number of hydrogen-bond acceptors (Lipinski definition) is 4. The van der Waals surface area contributed by atoms with Crippen molar-refractivity contribution < 1.29 is 13.6 Å². The first kappa shape index (κ1) is 18.0. The lowest BCUT2D eigenvalue weighted by Gasteiger charge is -2.41. The Morgan fingerprint density at radius 2 is 1.92 bits per heavy atom. The Bertz CT molecular complexity index is 911. The molecule has 0 spiro atoms. The Hall–Kier alpha value is -2.79. The molecule has 0 radical (unpaired) electrons. The molecule has 1 fully saturated rings. The zero-order valence-electron chi connectivity index (χ0n) is 14.1. The first-order chi connectivity index (χ1) is 12.1. The Kier molecular flexibility index (Phi) is 4.28. The van der Waals surface area contributed by atoms with Crippen LogP contribution < -0.4 is 10.6 Å². The van der Waals surface area contributed by atoms with Gasteiger partial charge < -0.3 is 5.32 Å². The number of carbonyl (C=O) groups is 1. The second kappa shape index (κ2) is 6.18. The molecule has 0 aliphatic carbocycles. The Balaban J connectivity index is 2.08. The molecular weight excluding hydrogens is 358 g/mol. The van der Waals surface area contributed by atoms with Gasteiger partial charge in [-0.15, -0.1) is 11.3 Å². The third-order valence-corrected chi connectivity index (χ3v) is 5.68. The lowest BCUT2D eigenvalue weighted by molar-refractivity contribution is -0.123. The minimum absolute atomic E-state index is 0.136. The van der Waals surface area contributed by atoms with E-state index in [1.807, 2.05) is 0 Å². The number of nitrogens with one attached hydrogen (secondary N) is 3. The molecule has 1 aromatic carbocycles. The van der Waals surface area contributed by atoms with Crippen LogP contribution in [0.15, 0.2) is 36.4 Å². The van der Waals surface area contributed by atoms with Gasteiger partial charge in [0, 0.05) is 17.4 Å². The summed E-state index contributed by atoms with van der Waals surface area (Å²) in [5.41, 5.74) is -0.567. The van der Waals surface area contributed by atoms with E-state index in [-0.39, 0.29) is 11.5 Å². The van der Waals surface area contributed by atoms with E-state index in [9.17, 15) is 13.6 Å². The average molecular weight is 374 g/mol. The molecule has 1 aliphatic heterocycles. The van der Waals surface area contributed by atoms with E-state index in [1.165, 1.54) is 35.6 Å². The fourth-order valence-electron chi connectivity index (χ4n) is 3.15. The predicted octanol–water partition coefficient (Wildman–Crippen LogP) is 3.38. The van der Waals surface area contributed by atoms with E-state index in [4.69, 9.17) is 10.7 Å². The lowest BCUT2D eigenvalue weighted by Crippen LogP contribution is -2.62. The van der Waals surface area contributed by atoms with Crippen molar-refractivity contribution in [1.29, 1.82) is 10.7 Å². The molecule has 3 rings (SSSR count). The summed E-state index contributed by atoms with van der Waals surface area (Å²) in [6, 6.07) is 11.1. The predicted molar refractivity (Wildman–Crippen MR) is 94.1 cm³/mol. The fraction of sp³-hybridized carbons (Fsp3) is 0.278. The van der Waals surface area contributed by atoms with Gasteiger partial charge in [0.2, 0.25) is 5.91 Å². The van der Waals surface area contributed by atoms with Crippen molar-refractivity contribution in [3.63, 3.8) is 0 Å². The van der Waals surface area contributed by atoms with Crippen LogP contribution in [0.4, 0.5) is 8.78 Å². The molecular formula is C18H16F2N4OS. The quantitative estimate of drug-likeness (QED) is 0.769. The van der Waals surface area contributed by atoms with Gasteiger partial charge in [-0.25, -0.2) is 8.78 Å². The third kappa shape index (κ3) is 3.06. The molecule has 0 bridgehead atoms. The summed E-state index contributed by atoms with van der Waals surface area (Å²) < 4.78 is 26.9. The molecule has 5 nitrogen and oxygen atoms in total. The number of hydrogen-bond donors (Lipinski definition) is 3. The van der Waals surface area contributed by atoms with Crippen LogP contribution in [0.5, 0.6) is 0 Å². The van der Waals surface area contributed by atoms with Crippen LogP contribution >= 0.6 is 11.3 Å². The van der Waals surface area contributed by atoms with E-state index >= 15 is 0 Å². The zero-order chi connectivity index (χ0) is 19.1. The summed E-state index contributed by atoms with van der Waals surface area (Å²) >= 11 is 1.23. The highest BCUT2D eigenvalue weighted by Crippen LogP contribution is 2.42. The summed E-state index contributed by atoms with van der Waals surface area (Å²) in [6.07, 6.45) is 0. The maximum Gasteiger partial charge on any atom is 0.270 e. The molecule has 26 heavy (non-hydrogen) atoms. The van der Waals surface area contributed by atoms with Crippen LogP contribution in [0.2, 0.25) is 0 Å². The van der Waals surface area contributed by atoms with Crippen LogP contribution in [0.3, 0.4) is 0 Å². The number of carbonyl (C=O) groups excluding carboxylic acids is 1. The van der Waals surface area contributed by atoms with Crippen molar-refractivity contribution in [3.8, 4) is 6.07 Å². The molecule has 1 aromatic heterocycles. The molecule has 2 atom stereocenters. The van der Waals surface area contributed by atoms with Gasteiger partial charge in [-0.05, 0) is 24.6 Å². The smallest absolute Gasteiger partial charge is 0.270 e. The number of guanidine groups is 1. The van der Waals surface area contributed by atoms with Crippen LogP contribution in [0, 0.1) is 16.7 Å². The van der Waals surface area contributed by atoms with Gasteiger partial charge in [-0.2, -0.15) is 5.26 Å². The first-order valence-corrected chi connectivity index (χ1v) is 8.63. The van der Waals surface area contributed by atoms with Crippen molar-refractivity contribution in [2.45, 2.75) is 31.2 Å². The van der Waals surface area contributed by atoms with Crippen LogP contribution in [-0.4, -0.2) is 11.9 Å². The van der Waals surface area contributed by atoms with Crippen molar-refractivity contribution in [1.82, 2.24) is 10.6 Å². The topological polar surface area (TPSA) is 88.8 Å². The van der Waals surface area contributed by atoms with Gasteiger partial charge in [-0.1, -0.05) is 24.3 Å². The van der Waals surface area contributed by atoms with E-state index in [0.29, 0.717) is 15.3 Å². The third-order valence-electron chi connectivity index (χ3n) is 4.45. The molecule has 2 aromatic rings. The number of thiophene rings is 1. The van der Waals surface area contributed by atoms with E-state index < -0.39 is 23.3 Å². The summed E-state index contributed by atoms with van der Waals surface area (Å²) in [5, 5.41) is 22.3. The van der Waals surface area contributed by atoms with E-state index in [1.54, 1.807) is 19.1 Å². The molecule has 1 saturated heterocycles. The number of alkyl halides is 2.